The van der Waals surface area contributed by atoms with Crippen LogP contribution < -0.4 is 10.2 Å². The molecule has 7 nitrogen and oxygen atoms in total. The predicted molar refractivity (Wildman–Crippen MR) is 96.4 cm³/mol. The molecule has 0 radical (unpaired) electrons. The Balaban J connectivity index is 2.30. The number of hydrogen-bond donors (Lipinski definition) is 2. The molecule has 2 N–H and O–H groups in total. The minimum atomic E-state index is -3.86. The molecule has 1 saturated heterocycles. The van der Waals surface area contributed by atoms with Crippen LogP contribution in [-0.4, -0.2) is 53.5 Å². The molecule has 9 heteroatoms. The van der Waals surface area contributed by atoms with E-state index in [-0.39, 0.29) is 17.0 Å². The molecule has 25 heavy (non-hydrogen) atoms. The minimum absolute atomic E-state index is 0.0939. The fraction of sp³-hybridized carbons (Fsp3) is 0.562. The summed E-state index contributed by atoms with van der Waals surface area (Å²) < 4.78 is 32.8. The summed E-state index contributed by atoms with van der Waals surface area (Å²) in [4.78, 5) is 12.0. The summed E-state index contributed by atoms with van der Waals surface area (Å²) in [7, 11) is -3.86. The fourth-order valence-corrected chi connectivity index (χ4v) is 5.20. The average Bonchev–Trinajstić information content (AvgIpc) is 2.79. The number of nitrogens with one attached hydrogen (secondary N) is 1. The highest BCUT2D eigenvalue weighted by atomic mass is 32.2. The van der Waals surface area contributed by atoms with Gasteiger partial charge >= 0.3 is 0 Å². The molecule has 1 aliphatic heterocycles. The van der Waals surface area contributed by atoms with Crippen molar-refractivity contribution >= 4 is 27.7 Å². The van der Waals surface area contributed by atoms with Gasteiger partial charge in [0.15, 0.2) is 0 Å². The molecular formula is C16H24N2O5S2. The quantitative estimate of drug-likeness (QED) is 0.604. The minimum Gasteiger partial charge on any atom is -0.488 e. The lowest BCUT2D eigenvalue weighted by molar-refractivity contribution is -0.133. The Morgan fingerprint density at radius 3 is 2.48 bits per heavy atom. The van der Waals surface area contributed by atoms with E-state index in [0.717, 1.165) is 4.31 Å². The van der Waals surface area contributed by atoms with Gasteiger partial charge in [-0.05, 0) is 57.2 Å². The first-order valence-corrected chi connectivity index (χ1v) is 10.6. The number of thioether (sulfide) groups is 1. The molecule has 1 amide bonds. The molecule has 1 fully saturated rings. The Labute approximate surface area is 152 Å². The van der Waals surface area contributed by atoms with E-state index in [2.05, 4.69) is 0 Å². The summed E-state index contributed by atoms with van der Waals surface area (Å²) in [6.07, 6.45) is 0.349. The van der Waals surface area contributed by atoms with Crippen LogP contribution in [0.5, 0.6) is 5.75 Å². The lowest BCUT2D eigenvalue weighted by atomic mass is 10.2. The molecular weight excluding hydrogens is 364 g/mol. The molecule has 0 aromatic heterocycles. The summed E-state index contributed by atoms with van der Waals surface area (Å²) in [5, 5.41) is 8.93. The van der Waals surface area contributed by atoms with Crippen LogP contribution >= 0.6 is 11.8 Å². The van der Waals surface area contributed by atoms with Crippen molar-refractivity contribution in [3.63, 3.8) is 0 Å². The smallest absolute Gasteiger partial charge is 0.261 e. The summed E-state index contributed by atoms with van der Waals surface area (Å²) in [5.41, 5.74) is 1.19. The maximum absolute atomic E-state index is 13.0. The third kappa shape index (κ3) is 5.10. The number of carbonyl (C=O) groups is 1. The van der Waals surface area contributed by atoms with Gasteiger partial charge < -0.3 is 4.74 Å². The number of carbonyl (C=O) groups excluding carboxylic acids is 1. The Bertz CT molecular complexity index is 698. The van der Waals surface area contributed by atoms with Crippen molar-refractivity contribution in [2.75, 3.05) is 18.1 Å². The Kier molecular flexibility index (Phi) is 6.36. The van der Waals surface area contributed by atoms with Gasteiger partial charge in [-0.15, -0.1) is 0 Å². The van der Waals surface area contributed by atoms with E-state index in [4.69, 9.17) is 9.94 Å². The maximum Gasteiger partial charge on any atom is 0.261 e. The third-order valence-electron chi connectivity index (χ3n) is 3.61. The van der Waals surface area contributed by atoms with Gasteiger partial charge in [-0.1, -0.05) is 0 Å². The molecule has 1 aliphatic rings. The SMILES string of the molecule is CC(C)(C)Oc1ccc(S(=O)(=O)N2CCSCC[C@@H]2C(=O)NO)cc1. The highest BCUT2D eigenvalue weighted by Crippen LogP contribution is 2.26. The van der Waals surface area contributed by atoms with E-state index in [9.17, 15) is 13.2 Å². The van der Waals surface area contributed by atoms with Gasteiger partial charge in [-0.2, -0.15) is 16.1 Å². The molecule has 140 valence electrons. The first kappa shape index (κ1) is 20.0. The molecule has 0 spiro atoms. The van der Waals surface area contributed by atoms with E-state index in [0.29, 0.717) is 23.7 Å². The van der Waals surface area contributed by atoms with Crippen LogP contribution in [0.4, 0.5) is 0 Å². The van der Waals surface area contributed by atoms with Gasteiger partial charge in [0.05, 0.1) is 4.90 Å². The summed E-state index contributed by atoms with van der Waals surface area (Å²) in [6, 6.07) is 5.23. The Morgan fingerprint density at radius 2 is 1.92 bits per heavy atom. The van der Waals surface area contributed by atoms with Gasteiger partial charge in [-0.25, -0.2) is 13.9 Å². The second-order valence-corrected chi connectivity index (χ2v) is 9.81. The number of hydroxylamine groups is 1. The standard InChI is InChI=1S/C16H24N2O5S2/c1-16(2,3)23-12-4-6-13(7-5-12)25(21,22)18-9-11-24-10-8-14(18)15(19)17-20/h4-7,14,20H,8-11H2,1-3H3,(H,17,19)/t14-/m1/s1. The van der Waals surface area contributed by atoms with Crippen molar-refractivity contribution in [1.29, 1.82) is 0 Å². The van der Waals surface area contributed by atoms with Crippen LogP contribution in [0.1, 0.15) is 27.2 Å². The highest BCUT2D eigenvalue weighted by Gasteiger charge is 2.36. The number of sulfonamides is 1. The zero-order valence-electron chi connectivity index (χ0n) is 14.6. The van der Waals surface area contributed by atoms with Gasteiger partial charge in [0.25, 0.3) is 5.91 Å². The third-order valence-corrected chi connectivity index (χ3v) is 6.52. The fourth-order valence-electron chi connectivity index (χ4n) is 2.54. The van der Waals surface area contributed by atoms with E-state index >= 15 is 0 Å². The van der Waals surface area contributed by atoms with Crippen LogP contribution in [0.2, 0.25) is 0 Å². The largest absolute Gasteiger partial charge is 0.488 e. The molecule has 2 rings (SSSR count). The van der Waals surface area contributed by atoms with E-state index in [1.165, 1.54) is 12.1 Å². The predicted octanol–water partition coefficient (Wildman–Crippen LogP) is 1.87. The van der Waals surface area contributed by atoms with Gasteiger partial charge in [-0.3, -0.25) is 10.0 Å². The van der Waals surface area contributed by atoms with Crippen LogP contribution in [0, 0.1) is 0 Å². The number of hydrogen-bond acceptors (Lipinski definition) is 6. The molecule has 1 aromatic rings. The van der Waals surface area contributed by atoms with Crippen LogP contribution in [0.25, 0.3) is 0 Å². The summed E-state index contributed by atoms with van der Waals surface area (Å²) in [5.74, 6) is 1.11. The van der Waals surface area contributed by atoms with E-state index in [1.807, 2.05) is 20.8 Å². The molecule has 1 aromatic carbocycles. The van der Waals surface area contributed by atoms with Crippen molar-refractivity contribution < 1.29 is 23.2 Å². The number of benzene rings is 1. The lowest BCUT2D eigenvalue weighted by Crippen LogP contribution is -2.49. The number of ether oxygens (including phenoxy) is 1. The number of amides is 1. The molecule has 0 bridgehead atoms. The zero-order chi connectivity index (χ0) is 18.7. The van der Waals surface area contributed by atoms with Crippen LogP contribution in [-0.2, 0) is 14.8 Å². The molecule has 1 heterocycles. The monoisotopic (exact) mass is 388 g/mol. The number of rotatable bonds is 4. The van der Waals surface area contributed by atoms with E-state index < -0.39 is 22.0 Å². The molecule has 1 atom stereocenters. The lowest BCUT2D eigenvalue weighted by Gasteiger charge is -2.27. The number of nitrogens with zero attached hydrogens (tertiary/aromatic N) is 1. The topological polar surface area (TPSA) is 95.9 Å². The first-order valence-electron chi connectivity index (χ1n) is 7.98. The van der Waals surface area contributed by atoms with Gasteiger partial charge in [0.2, 0.25) is 10.0 Å². The van der Waals surface area contributed by atoms with Gasteiger partial charge in [0, 0.05) is 12.3 Å². The van der Waals surface area contributed by atoms with Crippen molar-refractivity contribution in [1.82, 2.24) is 9.79 Å². The summed E-state index contributed by atoms with van der Waals surface area (Å²) in [6.45, 7) is 5.94. The second kappa shape index (κ2) is 7.94. The normalized spacial score (nSPS) is 19.9. The maximum atomic E-state index is 13.0. The van der Waals surface area contributed by atoms with Crippen LogP contribution in [0.15, 0.2) is 29.2 Å². The van der Waals surface area contributed by atoms with Crippen molar-refractivity contribution in [3.8, 4) is 5.75 Å². The van der Waals surface area contributed by atoms with Crippen molar-refractivity contribution in [2.24, 2.45) is 0 Å². The van der Waals surface area contributed by atoms with Crippen molar-refractivity contribution in [2.45, 2.75) is 43.7 Å². The Hall–Kier alpha value is -1.29. The zero-order valence-corrected chi connectivity index (χ0v) is 16.2. The van der Waals surface area contributed by atoms with Crippen LogP contribution in [0.3, 0.4) is 0 Å². The van der Waals surface area contributed by atoms with E-state index in [1.54, 1.807) is 29.4 Å². The highest BCUT2D eigenvalue weighted by molar-refractivity contribution is 7.99. The molecule has 0 aliphatic carbocycles. The first-order chi connectivity index (χ1) is 11.6. The molecule has 0 unspecified atom stereocenters. The van der Waals surface area contributed by atoms with Gasteiger partial charge in [0.1, 0.15) is 17.4 Å². The molecule has 0 saturated carbocycles. The average molecular weight is 389 g/mol. The van der Waals surface area contributed by atoms with Crippen molar-refractivity contribution in [3.05, 3.63) is 24.3 Å². The second-order valence-electron chi connectivity index (χ2n) is 6.69. The Morgan fingerprint density at radius 1 is 1.28 bits per heavy atom. The summed E-state index contributed by atoms with van der Waals surface area (Å²) >= 11 is 1.58.